The molecule has 1 aromatic rings. The first-order valence-corrected chi connectivity index (χ1v) is 5.95. The highest BCUT2D eigenvalue weighted by atomic mass is 19.1. The maximum Gasteiger partial charge on any atom is 0.229 e. The molecule has 0 aliphatic carbocycles. The molecule has 18 heavy (non-hydrogen) atoms. The van der Waals surface area contributed by atoms with Crippen LogP contribution in [-0.4, -0.2) is 29.8 Å². The average molecular weight is 250 g/mol. The number of carbonyl (C=O) groups excluding carboxylic acids is 2. The van der Waals surface area contributed by atoms with Crippen LogP contribution in [0.25, 0.3) is 0 Å². The van der Waals surface area contributed by atoms with E-state index < -0.39 is 11.7 Å². The largest absolute Gasteiger partial charge is 0.342 e. The number of para-hydroxylation sites is 1. The van der Waals surface area contributed by atoms with Gasteiger partial charge in [-0.1, -0.05) is 12.1 Å². The second-order valence-corrected chi connectivity index (χ2v) is 4.30. The highest BCUT2D eigenvalue weighted by Crippen LogP contribution is 2.20. The molecule has 2 amide bonds. The van der Waals surface area contributed by atoms with Gasteiger partial charge >= 0.3 is 0 Å². The Balaban J connectivity index is 2.02. The molecule has 1 heterocycles. The van der Waals surface area contributed by atoms with Crippen LogP contribution in [0.3, 0.4) is 0 Å². The summed E-state index contributed by atoms with van der Waals surface area (Å²) in [7, 11) is 0. The summed E-state index contributed by atoms with van der Waals surface area (Å²) in [6, 6.07) is 6.00. The van der Waals surface area contributed by atoms with E-state index in [0.29, 0.717) is 13.1 Å². The number of anilines is 1. The van der Waals surface area contributed by atoms with Gasteiger partial charge in [0.25, 0.3) is 0 Å². The molecule has 1 saturated heterocycles. The fraction of sp³-hybridized carbons (Fsp3) is 0.385. The van der Waals surface area contributed by atoms with Crippen molar-refractivity contribution in [1.29, 1.82) is 0 Å². The number of benzene rings is 1. The van der Waals surface area contributed by atoms with Crippen molar-refractivity contribution in [2.75, 3.05) is 18.4 Å². The van der Waals surface area contributed by atoms with E-state index in [1.165, 1.54) is 12.1 Å². The summed E-state index contributed by atoms with van der Waals surface area (Å²) in [5, 5.41) is 2.52. The van der Waals surface area contributed by atoms with E-state index in [9.17, 15) is 14.0 Å². The molecule has 1 aromatic carbocycles. The van der Waals surface area contributed by atoms with E-state index >= 15 is 0 Å². The van der Waals surface area contributed by atoms with Crippen molar-refractivity contribution < 1.29 is 14.0 Å². The molecule has 1 N–H and O–H groups in total. The number of amides is 2. The van der Waals surface area contributed by atoms with Crippen molar-refractivity contribution in [1.82, 2.24) is 4.90 Å². The van der Waals surface area contributed by atoms with Gasteiger partial charge in [0.05, 0.1) is 11.6 Å². The van der Waals surface area contributed by atoms with Crippen LogP contribution in [0.2, 0.25) is 0 Å². The SMILES string of the molecule is CCN1CC(C(=O)Nc2ccccc2F)CC1=O. The van der Waals surface area contributed by atoms with Gasteiger partial charge in [-0.25, -0.2) is 4.39 Å². The van der Waals surface area contributed by atoms with Gasteiger partial charge in [0.2, 0.25) is 11.8 Å². The lowest BCUT2D eigenvalue weighted by molar-refractivity contribution is -0.128. The number of hydrogen-bond donors (Lipinski definition) is 1. The van der Waals surface area contributed by atoms with Crippen molar-refractivity contribution in [2.24, 2.45) is 5.92 Å². The van der Waals surface area contributed by atoms with Gasteiger partial charge in [-0.2, -0.15) is 0 Å². The minimum absolute atomic E-state index is 0.0221. The first-order chi connectivity index (χ1) is 8.61. The number of halogens is 1. The number of carbonyl (C=O) groups is 2. The quantitative estimate of drug-likeness (QED) is 0.886. The molecule has 96 valence electrons. The molecule has 5 heteroatoms. The molecule has 0 radical (unpaired) electrons. The molecule has 1 aliphatic heterocycles. The molecule has 1 fully saturated rings. The Kier molecular flexibility index (Phi) is 3.60. The van der Waals surface area contributed by atoms with Crippen molar-refractivity contribution in [3.8, 4) is 0 Å². The zero-order chi connectivity index (χ0) is 13.1. The Morgan fingerprint density at radius 3 is 2.83 bits per heavy atom. The van der Waals surface area contributed by atoms with Crippen molar-refractivity contribution >= 4 is 17.5 Å². The Hall–Kier alpha value is -1.91. The van der Waals surface area contributed by atoms with Gasteiger partial charge in [-0.15, -0.1) is 0 Å². The Labute approximate surface area is 105 Å². The predicted molar refractivity (Wildman–Crippen MR) is 65.4 cm³/mol. The summed E-state index contributed by atoms with van der Waals surface area (Å²) in [5.74, 6) is -1.19. The van der Waals surface area contributed by atoms with Crippen molar-refractivity contribution in [3.05, 3.63) is 30.1 Å². The first kappa shape index (κ1) is 12.5. The molecule has 0 saturated carbocycles. The maximum atomic E-state index is 13.4. The Morgan fingerprint density at radius 2 is 2.22 bits per heavy atom. The van der Waals surface area contributed by atoms with Crippen LogP contribution in [0.15, 0.2) is 24.3 Å². The van der Waals surface area contributed by atoms with E-state index in [-0.39, 0.29) is 23.9 Å². The molecule has 1 aliphatic rings. The van der Waals surface area contributed by atoms with Crippen molar-refractivity contribution in [2.45, 2.75) is 13.3 Å². The normalized spacial score (nSPS) is 19.1. The molecule has 1 unspecified atom stereocenters. The number of nitrogens with one attached hydrogen (secondary N) is 1. The zero-order valence-corrected chi connectivity index (χ0v) is 10.1. The third-order valence-electron chi connectivity index (χ3n) is 3.10. The number of nitrogens with zero attached hydrogens (tertiary/aromatic N) is 1. The Bertz CT molecular complexity index is 476. The predicted octanol–water partition coefficient (Wildman–Crippen LogP) is 1.63. The van der Waals surface area contributed by atoms with Gasteiger partial charge < -0.3 is 10.2 Å². The maximum absolute atomic E-state index is 13.4. The van der Waals surface area contributed by atoms with E-state index in [1.807, 2.05) is 6.92 Å². The number of hydrogen-bond acceptors (Lipinski definition) is 2. The molecular formula is C13H15FN2O2. The molecular weight excluding hydrogens is 235 g/mol. The van der Waals surface area contributed by atoms with Crippen LogP contribution in [0.5, 0.6) is 0 Å². The molecule has 0 aromatic heterocycles. The third-order valence-corrected chi connectivity index (χ3v) is 3.10. The van der Waals surface area contributed by atoms with Crippen LogP contribution >= 0.6 is 0 Å². The lowest BCUT2D eigenvalue weighted by Crippen LogP contribution is -2.28. The molecule has 1 atom stereocenters. The molecule has 4 nitrogen and oxygen atoms in total. The average Bonchev–Trinajstić information content (AvgIpc) is 2.73. The second kappa shape index (κ2) is 5.16. The minimum Gasteiger partial charge on any atom is -0.342 e. The van der Waals surface area contributed by atoms with Gasteiger partial charge in [-0.05, 0) is 19.1 Å². The molecule has 0 bridgehead atoms. The summed E-state index contributed by atoms with van der Waals surface area (Å²) < 4.78 is 13.4. The first-order valence-electron chi connectivity index (χ1n) is 5.95. The fourth-order valence-corrected chi connectivity index (χ4v) is 2.05. The van der Waals surface area contributed by atoms with Crippen LogP contribution < -0.4 is 5.32 Å². The summed E-state index contributed by atoms with van der Waals surface area (Å²) in [6.07, 6.45) is 0.203. The number of rotatable bonds is 3. The van der Waals surface area contributed by atoms with Crippen LogP contribution in [0.1, 0.15) is 13.3 Å². The van der Waals surface area contributed by atoms with Crippen molar-refractivity contribution in [3.63, 3.8) is 0 Å². The highest BCUT2D eigenvalue weighted by molar-refractivity contribution is 5.97. The topological polar surface area (TPSA) is 49.4 Å². The summed E-state index contributed by atoms with van der Waals surface area (Å²) in [4.78, 5) is 25.1. The van der Waals surface area contributed by atoms with E-state index in [0.717, 1.165) is 0 Å². The minimum atomic E-state index is -0.470. The molecule has 0 spiro atoms. The molecule has 2 rings (SSSR count). The van der Waals surface area contributed by atoms with E-state index in [1.54, 1.807) is 17.0 Å². The van der Waals surface area contributed by atoms with Crippen LogP contribution in [-0.2, 0) is 9.59 Å². The highest BCUT2D eigenvalue weighted by Gasteiger charge is 2.33. The van der Waals surface area contributed by atoms with Gasteiger partial charge in [0.15, 0.2) is 0 Å². The Morgan fingerprint density at radius 1 is 1.50 bits per heavy atom. The van der Waals surface area contributed by atoms with E-state index in [4.69, 9.17) is 0 Å². The second-order valence-electron chi connectivity index (χ2n) is 4.30. The van der Waals surface area contributed by atoms with Gasteiger partial charge in [-0.3, -0.25) is 9.59 Å². The zero-order valence-electron chi connectivity index (χ0n) is 10.1. The van der Waals surface area contributed by atoms with Gasteiger partial charge in [0.1, 0.15) is 5.82 Å². The lowest BCUT2D eigenvalue weighted by atomic mass is 10.1. The van der Waals surface area contributed by atoms with E-state index in [2.05, 4.69) is 5.32 Å². The van der Waals surface area contributed by atoms with Gasteiger partial charge in [0, 0.05) is 19.5 Å². The standard InChI is InChI=1S/C13H15FN2O2/c1-2-16-8-9(7-12(16)17)13(18)15-11-6-4-3-5-10(11)14/h3-6,9H,2,7-8H2,1H3,(H,15,18). The summed E-state index contributed by atoms with van der Waals surface area (Å²) >= 11 is 0. The third kappa shape index (κ3) is 2.50. The number of likely N-dealkylation sites (tertiary alicyclic amines) is 1. The summed E-state index contributed by atoms with van der Waals surface area (Å²) in [5.41, 5.74) is 0.157. The fourth-order valence-electron chi connectivity index (χ4n) is 2.05. The smallest absolute Gasteiger partial charge is 0.229 e. The monoisotopic (exact) mass is 250 g/mol. The lowest BCUT2D eigenvalue weighted by Gasteiger charge is -2.13. The summed E-state index contributed by atoms with van der Waals surface area (Å²) in [6.45, 7) is 2.88. The van der Waals surface area contributed by atoms with Crippen LogP contribution in [0, 0.1) is 11.7 Å². The van der Waals surface area contributed by atoms with Crippen LogP contribution in [0.4, 0.5) is 10.1 Å².